The lowest BCUT2D eigenvalue weighted by molar-refractivity contribution is 0.0702. The molecule has 1 unspecified atom stereocenters. The monoisotopic (exact) mass is 225 g/mol. The van der Waals surface area contributed by atoms with E-state index in [4.69, 9.17) is 19.9 Å². The van der Waals surface area contributed by atoms with Crippen molar-refractivity contribution in [2.24, 2.45) is 5.73 Å². The van der Waals surface area contributed by atoms with Gasteiger partial charge in [-0.05, 0) is 13.0 Å². The molecule has 0 spiro atoms. The van der Waals surface area contributed by atoms with Crippen molar-refractivity contribution in [2.75, 3.05) is 20.8 Å². The molecule has 0 bridgehead atoms. The molecule has 0 saturated heterocycles. The van der Waals surface area contributed by atoms with E-state index in [0.717, 1.165) is 5.56 Å². The van der Waals surface area contributed by atoms with Gasteiger partial charge in [-0.1, -0.05) is 12.1 Å². The van der Waals surface area contributed by atoms with Crippen LogP contribution in [0.25, 0.3) is 0 Å². The molecule has 0 aliphatic carbocycles. The van der Waals surface area contributed by atoms with Crippen LogP contribution in [0.1, 0.15) is 12.5 Å². The first-order valence-electron chi connectivity index (χ1n) is 5.24. The quantitative estimate of drug-likeness (QED) is 0.798. The molecule has 0 radical (unpaired) electrons. The molecule has 0 aliphatic rings. The number of rotatable bonds is 6. The highest BCUT2D eigenvalue weighted by molar-refractivity contribution is 5.46. The van der Waals surface area contributed by atoms with Crippen LogP contribution in [0.3, 0.4) is 0 Å². The van der Waals surface area contributed by atoms with E-state index in [1.807, 2.05) is 25.1 Å². The smallest absolute Gasteiger partial charge is 0.165 e. The Bertz CT molecular complexity index is 306. The Kier molecular flexibility index (Phi) is 5.08. The Labute approximate surface area is 96.3 Å². The molecule has 1 aromatic carbocycles. The van der Waals surface area contributed by atoms with Gasteiger partial charge in [0.25, 0.3) is 0 Å². The number of hydrogen-bond acceptors (Lipinski definition) is 4. The van der Waals surface area contributed by atoms with Crippen molar-refractivity contribution in [1.82, 2.24) is 0 Å². The van der Waals surface area contributed by atoms with E-state index in [2.05, 4.69) is 0 Å². The van der Waals surface area contributed by atoms with Gasteiger partial charge in [0.05, 0.1) is 13.2 Å². The number of nitrogens with two attached hydrogens (primary N) is 1. The third-order valence-corrected chi connectivity index (χ3v) is 2.37. The summed E-state index contributed by atoms with van der Waals surface area (Å²) in [4.78, 5) is 0. The molecule has 0 fully saturated rings. The molecule has 0 amide bonds. The summed E-state index contributed by atoms with van der Waals surface area (Å²) in [6.45, 7) is 2.84. The van der Waals surface area contributed by atoms with Crippen LogP contribution in [0.4, 0.5) is 0 Å². The van der Waals surface area contributed by atoms with E-state index >= 15 is 0 Å². The number of ether oxygens (including phenoxy) is 3. The summed E-state index contributed by atoms with van der Waals surface area (Å²) < 4.78 is 16.0. The number of benzene rings is 1. The van der Waals surface area contributed by atoms with Gasteiger partial charge in [0.1, 0.15) is 6.61 Å². The highest BCUT2D eigenvalue weighted by atomic mass is 16.5. The van der Waals surface area contributed by atoms with Gasteiger partial charge >= 0.3 is 0 Å². The Morgan fingerprint density at radius 1 is 1.31 bits per heavy atom. The van der Waals surface area contributed by atoms with Crippen LogP contribution >= 0.6 is 0 Å². The van der Waals surface area contributed by atoms with Crippen LogP contribution < -0.4 is 15.2 Å². The maximum atomic E-state index is 5.67. The number of para-hydroxylation sites is 1. The first kappa shape index (κ1) is 12.8. The molecule has 1 aromatic rings. The third kappa shape index (κ3) is 3.12. The summed E-state index contributed by atoms with van der Waals surface area (Å²) >= 11 is 0. The first-order chi connectivity index (χ1) is 7.72. The molecule has 0 saturated carbocycles. The lowest BCUT2D eigenvalue weighted by atomic mass is 10.2. The largest absolute Gasteiger partial charge is 0.493 e. The summed E-state index contributed by atoms with van der Waals surface area (Å²) in [6.07, 6.45) is 0.0375. The zero-order chi connectivity index (χ0) is 12.0. The minimum absolute atomic E-state index is 0.0375. The highest BCUT2D eigenvalue weighted by Gasteiger charge is 2.10. The number of hydrogen-bond donors (Lipinski definition) is 1. The molecule has 4 heteroatoms. The normalized spacial score (nSPS) is 12.2. The van der Waals surface area contributed by atoms with Crippen molar-refractivity contribution in [3.63, 3.8) is 0 Å². The molecule has 0 heterocycles. The van der Waals surface area contributed by atoms with E-state index < -0.39 is 0 Å². The van der Waals surface area contributed by atoms with Crippen LogP contribution in [0.15, 0.2) is 18.2 Å². The summed E-state index contributed by atoms with van der Waals surface area (Å²) in [5.41, 5.74) is 6.58. The summed E-state index contributed by atoms with van der Waals surface area (Å²) in [7, 11) is 3.27. The Morgan fingerprint density at radius 3 is 2.62 bits per heavy atom. The molecular formula is C12H19NO3. The molecule has 0 aliphatic heterocycles. The zero-order valence-electron chi connectivity index (χ0n) is 10.0. The van der Waals surface area contributed by atoms with Crippen molar-refractivity contribution in [3.8, 4) is 11.5 Å². The second kappa shape index (κ2) is 6.35. The van der Waals surface area contributed by atoms with E-state index in [1.165, 1.54) is 0 Å². The minimum Gasteiger partial charge on any atom is -0.493 e. The fourth-order valence-corrected chi connectivity index (χ4v) is 1.32. The predicted octanol–water partition coefficient (Wildman–Crippen LogP) is 1.57. The molecule has 2 N–H and O–H groups in total. The van der Waals surface area contributed by atoms with Gasteiger partial charge in [0.2, 0.25) is 0 Å². The second-order valence-electron chi connectivity index (χ2n) is 3.51. The fraction of sp³-hybridized carbons (Fsp3) is 0.500. The molecular weight excluding hydrogens is 206 g/mol. The summed E-state index contributed by atoms with van der Waals surface area (Å²) in [5, 5.41) is 0. The topological polar surface area (TPSA) is 53.7 Å². The van der Waals surface area contributed by atoms with Gasteiger partial charge in [-0.2, -0.15) is 0 Å². The Hall–Kier alpha value is -1.26. The van der Waals surface area contributed by atoms with Crippen LogP contribution in [0.5, 0.6) is 11.5 Å². The average molecular weight is 225 g/mol. The van der Waals surface area contributed by atoms with Gasteiger partial charge in [-0.15, -0.1) is 0 Å². The van der Waals surface area contributed by atoms with E-state index in [-0.39, 0.29) is 6.10 Å². The number of methoxy groups -OCH3 is 2. The second-order valence-corrected chi connectivity index (χ2v) is 3.51. The standard InChI is InChI=1S/C12H19NO3/c1-9(14-2)8-16-12-10(7-13)5-4-6-11(12)15-3/h4-6,9H,7-8,13H2,1-3H3. The van der Waals surface area contributed by atoms with Crippen LogP contribution in [0, 0.1) is 0 Å². The molecule has 0 aromatic heterocycles. The molecule has 1 rings (SSSR count). The molecule has 90 valence electrons. The lowest BCUT2D eigenvalue weighted by Gasteiger charge is -2.16. The molecule has 16 heavy (non-hydrogen) atoms. The van der Waals surface area contributed by atoms with Crippen molar-refractivity contribution in [3.05, 3.63) is 23.8 Å². The van der Waals surface area contributed by atoms with Crippen LogP contribution in [-0.4, -0.2) is 26.9 Å². The first-order valence-corrected chi connectivity index (χ1v) is 5.24. The van der Waals surface area contributed by atoms with Crippen molar-refractivity contribution >= 4 is 0 Å². The summed E-state index contributed by atoms with van der Waals surface area (Å²) in [6, 6.07) is 5.68. The van der Waals surface area contributed by atoms with E-state index in [1.54, 1.807) is 14.2 Å². The van der Waals surface area contributed by atoms with Crippen molar-refractivity contribution in [2.45, 2.75) is 19.6 Å². The maximum absolute atomic E-state index is 5.67. The van der Waals surface area contributed by atoms with Crippen molar-refractivity contribution in [1.29, 1.82) is 0 Å². The van der Waals surface area contributed by atoms with Crippen LogP contribution in [0.2, 0.25) is 0 Å². The predicted molar refractivity (Wildman–Crippen MR) is 62.9 cm³/mol. The van der Waals surface area contributed by atoms with Crippen molar-refractivity contribution < 1.29 is 14.2 Å². The maximum Gasteiger partial charge on any atom is 0.165 e. The fourth-order valence-electron chi connectivity index (χ4n) is 1.32. The van der Waals surface area contributed by atoms with Gasteiger partial charge in [0, 0.05) is 19.2 Å². The lowest BCUT2D eigenvalue weighted by Crippen LogP contribution is -2.17. The Balaban J connectivity index is 2.82. The highest BCUT2D eigenvalue weighted by Crippen LogP contribution is 2.30. The van der Waals surface area contributed by atoms with E-state index in [0.29, 0.717) is 24.7 Å². The third-order valence-electron chi connectivity index (χ3n) is 2.37. The SMILES string of the molecule is COc1cccc(CN)c1OCC(C)OC. The minimum atomic E-state index is 0.0375. The van der Waals surface area contributed by atoms with Gasteiger partial charge in [0.15, 0.2) is 11.5 Å². The van der Waals surface area contributed by atoms with Crippen LogP contribution in [-0.2, 0) is 11.3 Å². The van der Waals surface area contributed by atoms with Gasteiger partial charge < -0.3 is 19.9 Å². The molecule has 1 atom stereocenters. The molecule has 4 nitrogen and oxygen atoms in total. The average Bonchev–Trinajstić information content (AvgIpc) is 2.35. The summed E-state index contributed by atoms with van der Waals surface area (Å²) in [5.74, 6) is 1.41. The van der Waals surface area contributed by atoms with E-state index in [9.17, 15) is 0 Å². The Morgan fingerprint density at radius 2 is 2.06 bits per heavy atom. The zero-order valence-corrected chi connectivity index (χ0v) is 10.0. The van der Waals surface area contributed by atoms with Gasteiger partial charge in [-0.25, -0.2) is 0 Å². The van der Waals surface area contributed by atoms with Gasteiger partial charge in [-0.3, -0.25) is 0 Å².